The summed E-state index contributed by atoms with van der Waals surface area (Å²) in [5, 5.41) is 5.80. The number of benzene rings is 1. The highest BCUT2D eigenvalue weighted by atomic mass is 16.3. The molecule has 1 heterocycles. The minimum absolute atomic E-state index is 0.0153. The summed E-state index contributed by atoms with van der Waals surface area (Å²) in [6, 6.07) is 13.9. The van der Waals surface area contributed by atoms with E-state index in [0.29, 0.717) is 13.1 Å². The standard InChI is InChI=1S/C19H28N4O2/c1-22(2)17(18-10-7-13-25-18)14-21-19(24)20-11-12-23(3)15-16-8-5-4-6-9-16/h4-10,13,17H,11-12,14-15H2,1-3H3,(H2,20,21,24). The Morgan fingerprint density at radius 2 is 1.84 bits per heavy atom. The van der Waals surface area contributed by atoms with Crippen molar-refractivity contribution in [3.63, 3.8) is 0 Å². The lowest BCUT2D eigenvalue weighted by Gasteiger charge is -2.23. The molecular formula is C19H28N4O2. The second-order valence-electron chi connectivity index (χ2n) is 6.36. The molecule has 2 aromatic rings. The van der Waals surface area contributed by atoms with Gasteiger partial charge >= 0.3 is 6.03 Å². The summed E-state index contributed by atoms with van der Waals surface area (Å²) in [5.74, 6) is 0.841. The van der Waals surface area contributed by atoms with E-state index in [9.17, 15) is 4.79 Å². The van der Waals surface area contributed by atoms with Crippen LogP contribution in [0.15, 0.2) is 53.1 Å². The summed E-state index contributed by atoms with van der Waals surface area (Å²) in [6.45, 7) is 2.75. The third-order valence-corrected chi connectivity index (χ3v) is 4.03. The number of furan rings is 1. The van der Waals surface area contributed by atoms with Crippen molar-refractivity contribution in [3.8, 4) is 0 Å². The van der Waals surface area contributed by atoms with Crippen molar-refractivity contribution in [1.29, 1.82) is 0 Å². The Morgan fingerprint density at radius 1 is 1.08 bits per heavy atom. The molecule has 136 valence electrons. The Morgan fingerprint density at radius 3 is 2.48 bits per heavy atom. The van der Waals surface area contributed by atoms with Crippen molar-refractivity contribution in [2.24, 2.45) is 0 Å². The van der Waals surface area contributed by atoms with Gasteiger partial charge in [0.15, 0.2) is 0 Å². The molecule has 0 radical (unpaired) electrons. The Kier molecular flexibility index (Phi) is 7.50. The average molecular weight is 344 g/mol. The van der Waals surface area contributed by atoms with Gasteiger partial charge in [-0.1, -0.05) is 30.3 Å². The number of likely N-dealkylation sites (N-methyl/N-ethyl adjacent to an activating group) is 2. The number of nitrogens with one attached hydrogen (secondary N) is 2. The Labute approximate surface area is 149 Å². The van der Waals surface area contributed by atoms with Gasteiger partial charge in [-0.05, 0) is 38.8 Å². The molecule has 0 bridgehead atoms. The van der Waals surface area contributed by atoms with Crippen LogP contribution in [0.25, 0.3) is 0 Å². The van der Waals surface area contributed by atoms with Gasteiger partial charge in [0.1, 0.15) is 5.76 Å². The maximum Gasteiger partial charge on any atom is 0.314 e. The van der Waals surface area contributed by atoms with Gasteiger partial charge in [-0.15, -0.1) is 0 Å². The van der Waals surface area contributed by atoms with Crippen LogP contribution in [0.2, 0.25) is 0 Å². The SMILES string of the molecule is CN(CCNC(=O)NCC(c1ccco1)N(C)C)Cc1ccccc1. The molecule has 2 N–H and O–H groups in total. The molecule has 0 saturated carbocycles. The summed E-state index contributed by atoms with van der Waals surface area (Å²) in [7, 11) is 5.97. The molecule has 0 spiro atoms. The molecule has 1 aromatic heterocycles. The van der Waals surface area contributed by atoms with E-state index in [4.69, 9.17) is 4.42 Å². The zero-order valence-electron chi connectivity index (χ0n) is 15.2. The van der Waals surface area contributed by atoms with Gasteiger partial charge in [0.25, 0.3) is 0 Å². The second-order valence-corrected chi connectivity index (χ2v) is 6.36. The molecule has 1 aromatic carbocycles. The lowest BCUT2D eigenvalue weighted by molar-refractivity contribution is 0.223. The molecule has 0 aliphatic rings. The first kappa shape index (κ1) is 19.0. The van der Waals surface area contributed by atoms with E-state index < -0.39 is 0 Å². The second kappa shape index (κ2) is 9.86. The monoisotopic (exact) mass is 344 g/mol. The lowest BCUT2D eigenvalue weighted by Crippen LogP contribution is -2.42. The molecule has 0 aliphatic carbocycles. The third-order valence-electron chi connectivity index (χ3n) is 4.03. The highest BCUT2D eigenvalue weighted by Gasteiger charge is 2.17. The van der Waals surface area contributed by atoms with Crippen molar-refractivity contribution >= 4 is 6.03 Å². The first-order valence-electron chi connectivity index (χ1n) is 8.50. The summed E-state index contributed by atoms with van der Waals surface area (Å²) in [6.07, 6.45) is 1.65. The van der Waals surface area contributed by atoms with Crippen LogP contribution >= 0.6 is 0 Å². The van der Waals surface area contributed by atoms with Gasteiger partial charge in [-0.25, -0.2) is 4.79 Å². The molecule has 1 atom stereocenters. The zero-order chi connectivity index (χ0) is 18.1. The summed E-state index contributed by atoms with van der Waals surface area (Å²) >= 11 is 0. The van der Waals surface area contributed by atoms with Crippen LogP contribution in [-0.2, 0) is 6.54 Å². The Hall–Kier alpha value is -2.31. The van der Waals surface area contributed by atoms with Crippen molar-refractivity contribution in [3.05, 3.63) is 60.1 Å². The quantitative estimate of drug-likeness (QED) is 0.733. The fourth-order valence-electron chi connectivity index (χ4n) is 2.60. The molecule has 1 unspecified atom stereocenters. The molecule has 2 rings (SSSR count). The van der Waals surface area contributed by atoms with E-state index in [1.165, 1.54) is 5.56 Å². The number of hydrogen-bond donors (Lipinski definition) is 2. The largest absolute Gasteiger partial charge is 0.468 e. The molecule has 0 saturated heterocycles. The minimum Gasteiger partial charge on any atom is -0.468 e. The summed E-state index contributed by atoms with van der Waals surface area (Å²) in [5.41, 5.74) is 1.27. The maximum absolute atomic E-state index is 12.0. The summed E-state index contributed by atoms with van der Waals surface area (Å²) < 4.78 is 5.44. The van der Waals surface area contributed by atoms with Crippen molar-refractivity contribution in [2.45, 2.75) is 12.6 Å². The molecule has 2 amide bonds. The van der Waals surface area contributed by atoms with Crippen LogP contribution in [-0.4, -0.2) is 56.6 Å². The normalized spacial score (nSPS) is 12.4. The van der Waals surface area contributed by atoms with Crippen LogP contribution in [0.4, 0.5) is 4.79 Å². The first-order chi connectivity index (χ1) is 12.1. The number of carbonyl (C=O) groups is 1. The highest BCUT2D eigenvalue weighted by Crippen LogP contribution is 2.17. The first-order valence-corrected chi connectivity index (χ1v) is 8.50. The van der Waals surface area contributed by atoms with E-state index >= 15 is 0 Å². The molecule has 6 heteroatoms. The van der Waals surface area contributed by atoms with E-state index in [-0.39, 0.29) is 12.1 Å². The lowest BCUT2D eigenvalue weighted by atomic mass is 10.2. The van der Waals surface area contributed by atoms with Gasteiger partial charge < -0.3 is 20.0 Å². The van der Waals surface area contributed by atoms with Crippen LogP contribution < -0.4 is 10.6 Å². The van der Waals surface area contributed by atoms with Crippen LogP contribution in [0.1, 0.15) is 17.4 Å². The fraction of sp³-hybridized carbons (Fsp3) is 0.421. The number of hydrogen-bond acceptors (Lipinski definition) is 4. The van der Waals surface area contributed by atoms with E-state index in [2.05, 4.69) is 27.7 Å². The van der Waals surface area contributed by atoms with Crippen LogP contribution in [0.5, 0.6) is 0 Å². The van der Waals surface area contributed by atoms with E-state index in [1.54, 1.807) is 6.26 Å². The van der Waals surface area contributed by atoms with Crippen LogP contribution in [0, 0.1) is 0 Å². The molecule has 25 heavy (non-hydrogen) atoms. The molecular weight excluding hydrogens is 316 g/mol. The number of rotatable bonds is 9. The third kappa shape index (κ3) is 6.60. The number of carbonyl (C=O) groups excluding carboxylic acids is 1. The Balaban J connectivity index is 1.66. The Bertz CT molecular complexity index is 614. The van der Waals surface area contributed by atoms with Crippen molar-refractivity contribution in [1.82, 2.24) is 20.4 Å². The van der Waals surface area contributed by atoms with E-state index in [1.807, 2.05) is 56.4 Å². The van der Waals surface area contributed by atoms with Crippen molar-refractivity contribution < 1.29 is 9.21 Å². The van der Waals surface area contributed by atoms with E-state index in [0.717, 1.165) is 18.8 Å². The van der Waals surface area contributed by atoms with Gasteiger partial charge in [0.2, 0.25) is 0 Å². The molecule has 0 fully saturated rings. The predicted octanol–water partition coefficient (Wildman–Crippen LogP) is 2.31. The highest BCUT2D eigenvalue weighted by molar-refractivity contribution is 5.73. The number of nitrogens with zero attached hydrogens (tertiary/aromatic N) is 2. The van der Waals surface area contributed by atoms with Gasteiger partial charge in [0, 0.05) is 26.2 Å². The topological polar surface area (TPSA) is 60.8 Å². The van der Waals surface area contributed by atoms with Crippen LogP contribution in [0.3, 0.4) is 0 Å². The maximum atomic E-state index is 12.0. The molecule has 0 aliphatic heterocycles. The smallest absolute Gasteiger partial charge is 0.314 e. The van der Waals surface area contributed by atoms with Crippen molar-refractivity contribution in [2.75, 3.05) is 40.8 Å². The fourth-order valence-corrected chi connectivity index (χ4v) is 2.60. The average Bonchev–Trinajstić information content (AvgIpc) is 3.10. The number of urea groups is 1. The van der Waals surface area contributed by atoms with Gasteiger partial charge in [-0.3, -0.25) is 4.90 Å². The minimum atomic E-state index is -0.161. The summed E-state index contributed by atoms with van der Waals surface area (Å²) in [4.78, 5) is 16.2. The number of amides is 2. The molecule has 6 nitrogen and oxygen atoms in total. The predicted molar refractivity (Wildman–Crippen MR) is 99.3 cm³/mol. The zero-order valence-corrected chi connectivity index (χ0v) is 15.2. The van der Waals surface area contributed by atoms with Gasteiger partial charge in [-0.2, -0.15) is 0 Å². The van der Waals surface area contributed by atoms with Gasteiger partial charge in [0.05, 0.1) is 12.3 Å².